The third-order valence-electron chi connectivity index (χ3n) is 5.36. The van der Waals surface area contributed by atoms with E-state index in [1.807, 2.05) is 0 Å². The zero-order valence-corrected chi connectivity index (χ0v) is 14.7. The topological polar surface area (TPSA) is 66.9 Å². The molecule has 1 amide bonds. The van der Waals surface area contributed by atoms with Crippen molar-refractivity contribution in [3.8, 4) is 5.75 Å². The molecule has 0 radical (unpaired) electrons. The van der Waals surface area contributed by atoms with E-state index in [-0.39, 0.29) is 54.5 Å². The van der Waals surface area contributed by atoms with Gasteiger partial charge in [0.25, 0.3) is 0 Å². The molecule has 7 heteroatoms. The van der Waals surface area contributed by atoms with Crippen molar-refractivity contribution in [3.63, 3.8) is 0 Å². The molecule has 1 aromatic carbocycles. The number of fused-ring (bicyclic) bond motifs is 2. The lowest BCUT2D eigenvalue weighted by molar-refractivity contribution is -0.137. The highest BCUT2D eigenvalue weighted by Gasteiger charge is 2.37. The largest absolute Gasteiger partial charge is 0.489 e. The Balaban J connectivity index is 1.69. The number of ether oxygens (including phenoxy) is 1. The Morgan fingerprint density at radius 2 is 1.96 bits per heavy atom. The molecule has 3 heterocycles. The first-order chi connectivity index (χ1) is 12.4. The highest BCUT2D eigenvalue weighted by molar-refractivity contribution is 6.02. The van der Waals surface area contributed by atoms with Crippen LogP contribution in [0.25, 0.3) is 0 Å². The number of anilines is 1. The zero-order chi connectivity index (χ0) is 18.4. The molecule has 2 atom stereocenters. The van der Waals surface area contributed by atoms with E-state index in [1.165, 1.54) is 17.0 Å². The molecule has 0 N–H and O–H groups in total. The summed E-state index contributed by atoms with van der Waals surface area (Å²) in [4.78, 5) is 40.6. The van der Waals surface area contributed by atoms with Gasteiger partial charge in [0.15, 0.2) is 11.6 Å². The predicted octanol–water partition coefficient (Wildman–Crippen LogP) is 1.95. The number of amides is 1. The molecule has 0 aromatic heterocycles. The van der Waals surface area contributed by atoms with E-state index in [1.54, 1.807) is 11.8 Å². The van der Waals surface area contributed by atoms with Crippen molar-refractivity contribution in [2.24, 2.45) is 0 Å². The first-order valence-corrected chi connectivity index (χ1v) is 9.04. The summed E-state index contributed by atoms with van der Waals surface area (Å²) in [5.74, 6) is -0.742. The Labute approximate surface area is 150 Å². The van der Waals surface area contributed by atoms with Gasteiger partial charge in [-0.25, -0.2) is 4.39 Å². The molecular formula is C19H21FN2O4. The number of nitrogens with zero attached hydrogens (tertiary/aromatic N) is 2. The third kappa shape index (κ3) is 2.85. The predicted molar refractivity (Wildman–Crippen MR) is 92.0 cm³/mol. The van der Waals surface area contributed by atoms with E-state index < -0.39 is 11.9 Å². The lowest BCUT2D eigenvalue weighted by Gasteiger charge is -2.32. The van der Waals surface area contributed by atoms with Gasteiger partial charge in [0.05, 0.1) is 30.4 Å². The molecule has 26 heavy (non-hydrogen) atoms. The van der Waals surface area contributed by atoms with E-state index >= 15 is 0 Å². The first kappa shape index (κ1) is 17.0. The van der Waals surface area contributed by atoms with Crippen LogP contribution in [0.1, 0.15) is 43.0 Å². The van der Waals surface area contributed by atoms with Crippen LogP contribution < -0.4 is 9.64 Å². The number of benzene rings is 1. The van der Waals surface area contributed by atoms with Crippen molar-refractivity contribution >= 4 is 23.2 Å². The minimum absolute atomic E-state index is 0.0337. The fourth-order valence-electron chi connectivity index (χ4n) is 4.07. The van der Waals surface area contributed by atoms with Crippen molar-refractivity contribution in [2.75, 3.05) is 24.5 Å². The summed E-state index contributed by atoms with van der Waals surface area (Å²) in [5, 5.41) is 0. The van der Waals surface area contributed by atoms with E-state index in [0.717, 1.165) is 12.8 Å². The van der Waals surface area contributed by atoms with Crippen LogP contribution in [0.3, 0.4) is 0 Å². The molecule has 0 spiro atoms. The highest BCUT2D eigenvalue weighted by Crippen LogP contribution is 2.34. The molecule has 4 rings (SSSR count). The minimum Gasteiger partial charge on any atom is -0.489 e. The smallest absolute Gasteiger partial charge is 0.242 e. The molecule has 3 aliphatic heterocycles. The lowest BCUT2D eigenvalue weighted by atomic mass is 9.98. The number of carbonyl (C=O) groups excluding carboxylic acids is 3. The number of ketones is 2. The molecule has 1 aromatic rings. The summed E-state index contributed by atoms with van der Waals surface area (Å²) < 4.78 is 20.3. The van der Waals surface area contributed by atoms with Gasteiger partial charge in [-0.15, -0.1) is 0 Å². The molecular weight excluding hydrogens is 339 g/mol. The van der Waals surface area contributed by atoms with Crippen molar-refractivity contribution in [1.82, 2.24) is 4.90 Å². The average Bonchev–Trinajstić information content (AvgIpc) is 2.72. The molecule has 0 saturated carbocycles. The summed E-state index contributed by atoms with van der Waals surface area (Å²) >= 11 is 0. The second kappa shape index (κ2) is 6.37. The van der Waals surface area contributed by atoms with Gasteiger partial charge in [0.2, 0.25) is 5.91 Å². The Morgan fingerprint density at radius 1 is 1.15 bits per heavy atom. The summed E-state index contributed by atoms with van der Waals surface area (Å²) in [5.41, 5.74) is 0.415. The molecule has 3 aliphatic rings. The molecule has 2 unspecified atom stereocenters. The maximum Gasteiger partial charge on any atom is 0.242 e. The number of hydrogen-bond donors (Lipinski definition) is 0. The monoisotopic (exact) mass is 360 g/mol. The van der Waals surface area contributed by atoms with Gasteiger partial charge in [-0.05, 0) is 32.3 Å². The van der Waals surface area contributed by atoms with Crippen molar-refractivity contribution in [2.45, 2.75) is 44.8 Å². The first-order valence-electron chi connectivity index (χ1n) is 9.04. The van der Waals surface area contributed by atoms with Gasteiger partial charge in [0, 0.05) is 19.0 Å². The molecule has 0 aliphatic carbocycles. The van der Waals surface area contributed by atoms with E-state index in [2.05, 4.69) is 0 Å². The van der Waals surface area contributed by atoms with Gasteiger partial charge in [-0.1, -0.05) is 0 Å². The van der Waals surface area contributed by atoms with Gasteiger partial charge < -0.3 is 14.5 Å². The number of halogens is 1. The van der Waals surface area contributed by atoms with Crippen LogP contribution in [0.5, 0.6) is 5.75 Å². The Hall–Kier alpha value is -2.44. The Bertz CT molecular complexity index is 768. The second-order valence-corrected chi connectivity index (χ2v) is 7.28. The van der Waals surface area contributed by atoms with Crippen LogP contribution in [0.15, 0.2) is 12.1 Å². The third-order valence-corrected chi connectivity index (χ3v) is 5.36. The Morgan fingerprint density at radius 3 is 2.77 bits per heavy atom. The van der Waals surface area contributed by atoms with Crippen LogP contribution >= 0.6 is 0 Å². The SMILES string of the molecule is CC1CC(=O)c2cc(N3CC(=O)C4CCCCN4C(=O)C3)c(F)cc2O1. The van der Waals surface area contributed by atoms with Gasteiger partial charge in [-0.3, -0.25) is 14.4 Å². The maximum absolute atomic E-state index is 14.7. The van der Waals surface area contributed by atoms with E-state index in [4.69, 9.17) is 4.74 Å². The fourth-order valence-corrected chi connectivity index (χ4v) is 4.07. The molecule has 138 valence electrons. The highest BCUT2D eigenvalue weighted by atomic mass is 19.1. The maximum atomic E-state index is 14.7. The van der Waals surface area contributed by atoms with Gasteiger partial charge in [0.1, 0.15) is 17.7 Å². The molecule has 2 saturated heterocycles. The summed E-state index contributed by atoms with van der Waals surface area (Å²) in [6, 6.07) is 2.20. The number of carbonyl (C=O) groups is 3. The second-order valence-electron chi connectivity index (χ2n) is 7.28. The average molecular weight is 360 g/mol. The van der Waals surface area contributed by atoms with Crippen LogP contribution in [0.4, 0.5) is 10.1 Å². The summed E-state index contributed by atoms with van der Waals surface area (Å²) in [6.45, 7) is 2.23. The minimum atomic E-state index is -0.592. The van der Waals surface area contributed by atoms with Crippen LogP contribution in [-0.4, -0.2) is 54.2 Å². The Kier molecular flexibility index (Phi) is 4.17. The van der Waals surface area contributed by atoms with Crippen molar-refractivity contribution < 1.29 is 23.5 Å². The van der Waals surface area contributed by atoms with E-state index in [9.17, 15) is 18.8 Å². The summed E-state index contributed by atoms with van der Waals surface area (Å²) in [7, 11) is 0. The van der Waals surface area contributed by atoms with Crippen LogP contribution in [0, 0.1) is 5.82 Å². The van der Waals surface area contributed by atoms with Gasteiger partial charge in [-0.2, -0.15) is 0 Å². The van der Waals surface area contributed by atoms with E-state index in [0.29, 0.717) is 18.5 Å². The number of piperidine rings is 1. The fraction of sp³-hybridized carbons (Fsp3) is 0.526. The molecule has 6 nitrogen and oxygen atoms in total. The number of rotatable bonds is 1. The van der Waals surface area contributed by atoms with Crippen LogP contribution in [-0.2, 0) is 9.59 Å². The normalized spacial score (nSPS) is 26.2. The molecule has 0 bridgehead atoms. The number of Topliss-reactive ketones (excluding diaryl/α,β-unsaturated/α-hetero) is 2. The lowest BCUT2D eigenvalue weighted by Crippen LogP contribution is -2.47. The number of hydrogen-bond acceptors (Lipinski definition) is 5. The van der Waals surface area contributed by atoms with Crippen LogP contribution in [0.2, 0.25) is 0 Å². The standard InChI is InChI=1S/C19H21FN2O4/c1-11-6-16(23)12-7-15(13(20)8-18(12)26-11)21-9-17(24)14-4-2-3-5-22(14)19(25)10-21/h7-8,11,14H,2-6,9-10H2,1H3. The van der Waals surface area contributed by atoms with Crippen molar-refractivity contribution in [3.05, 3.63) is 23.5 Å². The quantitative estimate of drug-likeness (QED) is 0.766. The molecule has 2 fully saturated rings. The van der Waals surface area contributed by atoms with Gasteiger partial charge >= 0.3 is 0 Å². The van der Waals surface area contributed by atoms with Crippen molar-refractivity contribution in [1.29, 1.82) is 0 Å². The zero-order valence-electron chi connectivity index (χ0n) is 14.7. The summed E-state index contributed by atoms with van der Waals surface area (Å²) in [6.07, 6.45) is 2.39.